The monoisotopic (exact) mass is 281 g/mol. The van der Waals surface area contributed by atoms with Crippen LogP contribution in [0.3, 0.4) is 0 Å². The van der Waals surface area contributed by atoms with Crippen LogP contribution in [0, 0.1) is 0 Å². The number of pyridine rings is 1. The Hall–Kier alpha value is -2.46. The lowest BCUT2D eigenvalue weighted by Gasteiger charge is -2.13. The second-order valence-electron chi connectivity index (χ2n) is 4.84. The van der Waals surface area contributed by atoms with Crippen molar-refractivity contribution < 1.29 is 4.79 Å². The first kappa shape index (κ1) is 14.9. The summed E-state index contributed by atoms with van der Waals surface area (Å²) < 4.78 is 0. The van der Waals surface area contributed by atoms with E-state index in [-0.39, 0.29) is 11.7 Å². The number of primary amides is 1. The first-order valence-corrected chi connectivity index (χ1v) is 6.77. The van der Waals surface area contributed by atoms with Gasteiger partial charge in [-0.05, 0) is 29.7 Å². The van der Waals surface area contributed by atoms with Crippen LogP contribution in [0.15, 0.2) is 49.6 Å². The number of allylic oxidation sites excluding steroid dienone is 6. The van der Waals surface area contributed by atoms with Crippen molar-refractivity contribution in [2.24, 2.45) is 5.73 Å². The molecule has 1 unspecified atom stereocenters. The minimum atomic E-state index is -0.524. The first-order chi connectivity index (χ1) is 10.1. The molecule has 0 fully saturated rings. The van der Waals surface area contributed by atoms with Crippen LogP contribution >= 0.6 is 0 Å². The maximum Gasteiger partial charge on any atom is 0.267 e. The molecule has 0 radical (unpaired) electrons. The SMILES string of the molecule is C=C/C=C\C=C(/C=C)c1nc(C(N)=O)cc2c1C(C)NC2. The van der Waals surface area contributed by atoms with Gasteiger partial charge < -0.3 is 11.1 Å². The Morgan fingerprint density at radius 2 is 2.24 bits per heavy atom. The maximum absolute atomic E-state index is 11.5. The first-order valence-electron chi connectivity index (χ1n) is 6.77. The van der Waals surface area contributed by atoms with Gasteiger partial charge in [-0.25, -0.2) is 4.98 Å². The third-order valence-electron chi connectivity index (χ3n) is 3.44. The molecule has 1 aliphatic rings. The maximum atomic E-state index is 11.5. The molecular formula is C17H19N3O. The minimum absolute atomic E-state index is 0.177. The Labute approximate surface area is 124 Å². The predicted molar refractivity (Wildman–Crippen MR) is 85.5 cm³/mol. The molecule has 0 saturated carbocycles. The Morgan fingerprint density at radius 3 is 2.86 bits per heavy atom. The molecule has 4 nitrogen and oxygen atoms in total. The van der Waals surface area contributed by atoms with Gasteiger partial charge in [-0.3, -0.25) is 4.79 Å². The van der Waals surface area contributed by atoms with Gasteiger partial charge in [0.15, 0.2) is 0 Å². The molecule has 1 aromatic heterocycles. The molecule has 4 heteroatoms. The molecule has 1 aromatic rings. The van der Waals surface area contributed by atoms with E-state index in [1.807, 2.05) is 18.2 Å². The molecule has 2 rings (SSSR count). The van der Waals surface area contributed by atoms with Crippen molar-refractivity contribution >= 4 is 11.5 Å². The van der Waals surface area contributed by atoms with Crippen molar-refractivity contribution in [1.82, 2.24) is 10.3 Å². The molecule has 0 spiro atoms. The number of hydrogen-bond donors (Lipinski definition) is 2. The fourth-order valence-corrected chi connectivity index (χ4v) is 2.43. The van der Waals surface area contributed by atoms with Gasteiger partial charge in [-0.2, -0.15) is 0 Å². The third kappa shape index (κ3) is 3.01. The topological polar surface area (TPSA) is 68.0 Å². The van der Waals surface area contributed by atoms with Crippen molar-refractivity contribution in [1.29, 1.82) is 0 Å². The van der Waals surface area contributed by atoms with E-state index in [1.54, 1.807) is 18.2 Å². The van der Waals surface area contributed by atoms with Gasteiger partial charge in [0, 0.05) is 12.6 Å². The minimum Gasteiger partial charge on any atom is -0.364 e. The molecule has 3 N–H and O–H groups in total. The lowest BCUT2D eigenvalue weighted by atomic mass is 9.97. The summed E-state index contributed by atoms with van der Waals surface area (Å²) in [6.45, 7) is 10.2. The molecule has 2 heterocycles. The van der Waals surface area contributed by atoms with E-state index in [0.29, 0.717) is 6.54 Å². The standard InChI is InChI=1S/C17H19N3O/c1-4-6-7-8-12(5-2)16-15-11(3)19-10-13(15)9-14(20-16)17(18)21/h4-9,11,19H,1-2,10H2,3H3,(H2,18,21)/b7-6-,12-8+. The van der Waals surface area contributed by atoms with Gasteiger partial charge in [-0.1, -0.05) is 43.5 Å². The van der Waals surface area contributed by atoms with Gasteiger partial charge in [0.05, 0.1) is 5.69 Å². The summed E-state index contributed by atoms with van der Waals surface area (Å²) in [4.78, 5) is 15.9. The zero-order chi connectivity index (χ0) is 15.4. The summed E-state index contributed by atoms with van der Waals surface area (Å²) >= 11 is 0. The van der Waals surface area contributed by atoms with Crippen molar-refractivity contribution in [2.75, 3.05) is 0 Å². The van der Waals surface area contributed by atoms with Crippen LogP contribution in [0.1, 0.15) is 40.3 Å². The Bertz CT molecular complexity index is 656. The van der Waals surface area contributed by atoms with E-state index in [0.717, 1.165) is 22.4 Å². The van der Waals surface area contributed by atoms with Crippen LogP contribution in [0.25, 0.3) is 5.57 Å². The number of aromatic nitrogens is 1. The van der Waals surface area contributed by atoms with E-state index in [9.17, 15) is 4.79 Å². The number of fused-ring (bicyclic) bond motifs is 1. The summed E-state index contributed by atoms with van der Waals surface area (Å²) in [6.07, 6.45) is 9.00. The molecule has 0 saturated heterocycles. The predicted octanol–water partition coefficient (Wildman–Crippen LogP) is 2.66. The molecule has 1 amide bonds. The molecule has 1 atom stereocenters. The van der Waals surface area contributed by atoms with Crippen molar-refractivity contribution in [3.63, 3.8) is 0 Å². The fourth-order valence-electron chi connectivity index (χ4n) is 2.43. The number of nitrogens with zero attached hydrogens (tertiary/aromatic N) is 1. The second kappa shape index (κ2) is 6.33. The zero-order valence-electron chi connectivity index (χ0n) is 12.1. The lowest BCUT2D eigenvalue weighted by Crippen LogP contribution is -2.15. The number of rotatable bonds is 5. The van der Waals surface area contributed by atoms with E-state index < -0.39 is 5.91 Å². The van der Waals surface area contributed by atoms with Gasteiger partial charge >= 0.3 is 0 Å². The van der Waals surface area contributed by atoms with E-state index in [1.165, 1.54) is 0 Å². The summed E-state index contributed by atoms with van der Waals surface area (Å²) in [5.41, 5.74) is 9.41. The van der Waals surface area contributed by atoms with Crippen LogP contribution in [0.5, 0.6) is 0 Å². The highest BCUT2D eigenvalue weighted by Crippen LogP contribution is 2.32. The number of nitrogens with one attached hydrogen (secondary N) is 1. The molecule has 0 bridgehead atoms. The van der Waals surface area contributed by atoms with Gasteiger partial charge in [0.1, 0.15) is 5.69 Å². The third-order valence-corrected chi connectivity index (χ3v) is 3.44. The smallest absolute Gasteiger partial charge is 0.267 e. The van der Waals surface area contributed by atoms with Gasteiger partial charge in [0.2, 0.25) is 0 Å². The van der Waals surface area contributed by atoms with Crippen LogP contribution in [0.4, 0.5) is 0 Å². The highest BCUT2D eigenvalue weighted by atomic mass is 16.1. The molecule has 21 heavy (non-hydrogen) atoms. The van der Waals surface area contributed by atoms with Crippen molar-refractivity contribution in [3.05, 3.63) is 72.1 Å². The van der Waals surface area contributed by atoms with Crippen molar-refractivity contribution in [3.8, 4) is 0 Å². The molecular weight excluding hydrogens is 262 g/mol. The summed E-state index contributed by atoms with van der Waals surface area (Å²) in [5.74, 6) is -0.524. The fraction of sp³-hybridized carbons (Fsp3) is 0.176. The van der Waals surface area contributed by atoms with Crippen LogP contribution < -0.4 is 11.1 Å². The Kier molecular flexibility index (Phi) is 4.50. The zero-order valence-corrected chi connectivity index (χ0v) is 12.1. The normalized spacial score (nSPS) is 17.8. The van der Waals surface area contributed by atoms with E-state index in [2.05, 4.69) is 30.4 Å². The molecule has 1 aliphatic heterocycles. The second-order valence-corrected chi connectivity index (χ2v) is 4.84. The number of amides is 1. The highest BCUT2D eigenvalue weighted by Gasteiger charge is 2.25. The highest BCUT2D eigenvalue weighted by molar-refractivity contribution is 5.92. The average Bonchev–Trinajstić information content (AvgIpc) is 2.84. The molecule has 0 aromatic carbocycles. The van der Waals surface area contributed by atoms with Crippen LogP contribution in [0.2, 0.25) is 0 Å². The van der Waals surface area contributed by atoms with E-state index in [4.69, 9.17) is 5.73 Å². The van der Waals surface area contributed by atoms with Crippen molar-refractivity contribution in [2.45, 2.75) is 19.5 Å². The Balaban J connectivity index is 2.62. The number of hydrogen-bond acceptors (Lipinski definition) is 3. The largest absolute Gasteiger partial charge is 0.364 e. The van der Waals surface area contributed by atoms with Gasteiger partial charge in [0.25, 0.3) is 5.91 Å². The average molecular weight is 281 g/mol. The summed E-state index contributed by atoms with van der Waals surface area (Å²) in [7, 11) is 0. The molecule has 0 aliphatic carbocycles. The molecule has 108 valence electrons. The Morgan fingerprint density at radius 1 is 1.48 bits per heavy atom. The van der Waals surface area contributed by atoms with Crippen LogP contribution in [-0.4, -0.2) is 10.9 Å². The van der Waals surface area contributed by atoms with Gasteiger partial charge in [-0.15, -0.1) is 0 Å². The number of carbonyl (C=O) groups excluding carboxylic acids is 1. The van der Waals surface area contributed by atoms with E-state index >= 15 is 0 Å². The summed E-state index contributed by atoms with van der Waals surface area (Å²) in [5, 5.41) is 3.35. The lowest BCUT2D eigenvalue weighted by molar-refractivity contribution is 0.0995. The number of carbonyl (C=O) groups is 1. The number of nitrogens with two attached hydrogens (primary N) is 1. The summed E-state index contributed by atoms with van der Waals surface area (Å²) in [6, 6.07) is 1.94. The quantitative estimate of drug-likeness (QED) is 0.815. The van der Waals surface area contributed by atoms with Crippen LogP contribution in [-0.2, 0) is 6.54 Å².